The molecule has 2 aromatic rings. The summed E-state index contributed by atoms with van der Waals surface area (Å²) in [6.07, 6.45) is 2.19. The van der Waals surface area contributed by atoms with E-state index in [2.05, 4.69) is 10.6 Å². The molecule has 6 rings (SSSR count). The molecule has 4 atom stereocenters. The molecular weight excluding hydrogens is 593 g/mol. The van der Waals surface area contributed by atoms with Crippen molar-refractivity contribution in [3.8, 4) is 5.75 Å². The summed E-state index contributed by atoms with van der Waals surface area (Å²) in [6.45, 7) is 0.382. The molecule has 1 saturated carbocycles. The highest BCUT2D eigenvalue weighted by molar-refractivity contribution is 7.89. The van der Waals surface area contributed by atoms with Crippen LogP contribution in [0.15, 0.2) is 47.4 Å². The quantitative estimate of drug-likeness (QED) is 0.400. The number of sulfonamides is 1. The molecule has 4 fully saturated rings. The maximum absolute atomic E-state index is 14.5. The van der Waals surface area contributed by atoms with E-state index in [0.717, 1.165) is 24.8 Å². The van der Waals surface area contributed by atoms with E-state index in [9.17, 15) is 22.8 Å². The second-order valence-electron chi connectivity index (χ2n) is 11.5. The Morgan fingerprint density at radius 2 is 1.84 bits per heavy atom. The predicted octanol–water partition coefficient (Wildman–Crippen LogP) is 0.154. The topological polar surface area (TPSA) is 128 Å². The van der Waals surface area contributed by atoms with Crippen LogP contribution in [0.4, 0.5) is 0 Å². The van der Waals surface area contributed by atoms with Crippen molar-refractivity contribution in [1.82, 2.24) is 24.7 Å². The van der Waals surface area contributed by atoms with Crippen molar-refractivity contribution >= 4 is 52.7 Å². The van der Waals surface area contributed by atoms with Gasteiger partial charge in [0, 0.05) is 24.0 Å². The number of benzene rings is 2. The Balaban J connectivity index is 1.43. The van der Waals surface area contributed by atoms with Gasteiger partial charge < -0.3 is 25.2 Å². The number of nitrogens with one attached hydrogen (secondary N) is 2. The Hall–Kier alpha value is -3.13. The Labute approximate surface area is 257 Å². The number of ether oxygens (including phenoxy) is 1. The van der Waals surface area contributed by atoms with Gasteiger partial charge in [-0.3, -0.25) is 14.4 Å². The fraction of sp³-hybridized carbons (Fsp3) is 0.483. The standard InChI is InChI=1S/C29H33BClN5O6S/c1-42-24-11-8-19(31)14-25(24)43(40,41)35-15-22(33-27(37)21-3-2-12-32-21)28(38)36-23(13-17-4-6-18(30)7-5-17)29(39)34(16-26(35)36)20-9-10-20/h4-8,11,14,20-23,26,32H,2-3,9-10,12-13,15-16H2,1H3,(H,33,37). The summed E-state index contributed by atoms with van der Waals surface area (Å²) in [4.78, 5) is 44.3. The number of carbonyl (C=O) groups excluding carboxylic acids is 3. The van der Waals surface area contributed by atoms with Gasteiger partial charge in [0.2, 0.25) is 27.7 Å². The zero-order valence-electron chi connectivity index (χ0n) is 23.7. The average Bonchev–Trinajstić information content (AvgIpc) is 3.68. The Bertz CT molecular complexity index is 1530. The van der Waals surface area contributed by atoms with Crippen molar-refractivity contribution in [2.45, 2.75) is 67.3 Å². The molecular formula is C29H33BClN5O6S. The summed E-state index contributed by atoms with van der Waals surface area (Å²) in [6, 6.07) is 8.63. The first-order valence-corrected chi connectivity index (χ1v) is 16.3. The Kier molecular flexibility index (Phi) is 8.18. The molecule has 2 N–H and O–H groups in total. The number of carbonyl (C=O) groups is 3. The van der Waals surface area contributed by atoms with Crippen molar-refractivity contribution < 1.29 is 27.5 Å². The van der Waals surface area contributed by atoms with Crippen LogP contribution in [-0.4, -0.2) is 105 Å². The second-order valence-corrected chi connectivity index (χ2v) is 13.8. The van der Waals surface area contributed by atoms with Crippen LogP contribution in [-0.2, 0) is 30.8 Å². The van der Waals surface area contributed by atoms with Crippen LogP contribution in [0.5, 0.6) is 5.75 Å². The van der Waals surface area contributed by atoms with Crippen LogP contribution in [0.25, 0.3) is 0 Å². The molecule has 0 aromatic heterocycles. The van der Waals surface area contributed by atoms with Gasteiger partial charge >= 0.3 is 0 Å². The fourth-order valence-corrected chi connectivity index (χ4v) is 8.27. The van der Waals surface area contributed by atoms with Crippen molar-refractivity contribution in [3.05, 3.63) is 53.1 Å². The molecule has 0 spiro atoms. The minimum absolute atomic E-state index is 0.0143. The largest absolute Gasteiger partial charge is 0.495 e. The lowest BCUT2D eigenvalue weighted by Crippen LogP contribution is -2.76. The highest BCUT2D eigenvalue weighted by Gasteiger charge is 2.56. The van der Waals surface area contributed by atoms with E-state index in [0.29, 0.717) is 18.4 Å². The van der Waals surface area contributed by atoms with Gasteiger partial charge in [-0.15, -0.1) is 0 Å². The summed E-state index contributed by atoms with van der Waals surface area (Å²) in [5.41, 5.74) is 1.32. The van der Waals surface area contributed by atoms with Gasteiger partial charge in [-0.2, -0.15) is 4.31 Å². The van der Waals surface area contributed by atoms with E-state index in [1.807, 2.05) is 0 Å². The third-order valence-electron chi connectivity index (χ3n) is 8.63. The smallest absolute Gasteiger partial charge is 0.248 e. The maximum atomic E-state index is 14.5. The molecule has 4 unspecified atom stereocenters. The zero-order valence-corrected chi connectivity index (χ0v) is 25.3. The minimum atomic E-state index is -4.35. The first-order chi connectivity index (χ1) is 20.6. The van der Waals surface area contributed by atoms with Gasteiger partial charge in [-0.25, -0.2) is 8.42 Å². The van der Waals surface area contributed by atoms with Gasteiger partial charge in [0.25, 0.3) is 0 Å². The molecule has 14 heteroatoms. The Morgan fingerprint density at radius 3 is 2.49 bits per heavy atom. The normalized spacial score (nSPS) is 26.4. The van der Waals surface area contributed by atoms with Gasteiger partial charge in [-0.1, -0.05) is 41.3 Å². The summed E-state index contributed by atoms with van der Waals surface area (Å²) in [5, 5.41) is 6.10. The van der Waals surface area contributed by atoms with Crippen molar-refractivity contribution in [3.63, 3.8) is 0 Å². The Morgan fingerprint density at radius 1 is 1.09 bits per heavy atom. The van der Waals surface area contributed by atoms with Gasteiger partial charge in [0.1, 0.15) is 36.7 Å². The number of nitrogens with zero attached hydrogens (tertiary/aromatic N) is 3. The molecule has 226 valence electrons. The number of rotatable bonds is 8. The van der Waals surface area contributed by atoms with Gasteiger partial charge in [0.15, 0.2) is 0 Å². The highest BCUT2D eigenvalue weighted by Crippen LogP contribution is 2.38. The number of amides is 3. The molecule has 43 heavy (non-hydrogen) atoms. The van der Waals surface area contributed by atoms with Gasteiger partial charge in [-0.05, 0) is 56.0 Å². The number of fused-ring (bicyclic) bond motifs is 1. The molecule has 3 heterocycles. The molecule has 1 aliphatic carbocycles. The zero-order chi connectivity index (χ0) is 30.5. The van der Waals surface area contributed by atoms with E-state index in [4.69, 9.17) is 24.2 Å². The van der Waals surface area contributed by atoms with Crippen LogP contribution in [0.3, 0.4) is 0 Å². The van der Waals surface area contributed by atoms with Crippen LogP contribution in [0.1, 0.15) is 31.2 Å². The van der Waals surface area contributed by atoms with Crippen molar-refractivity contribution in [2.24, 2.45) is 0 Å². The van der Waals surface area contributed by atoms with E-state index >= 15 is 0 Å². The van der Waals surface area contributed by atoms with E-state index in [1.165, 1.54) is 34.5 Å². The number of hydrogen-bond acceptors (Lipinski definition) is 7. The summed E-state index contributed by atoms with van der Waals surface area (Å²) >= 11 is 6.24. The first kappa shape index (κ1) is 29.9. The predicted molar refractivity (Wildman–Crippen MR) is 160 cm³/mol. The summed E-state index contributed by atoms with van der Waals surface area (Å²) in [5.74, 6) is -1.03. The first-order valence-electron chi connectivity index (χ1n) is 14.4. The molecule has 4 aliphatic rings. The average molecular weight is 626 g/mol. The third kappa shape index (κ3) is 5.75. The number of methoxy groups -OCH3 is 1. The van der Waals surface area contributed by atoms with Crippen LogP contribution < -0.4 is 20.8 Å². The van der Waals surface area contributed by atoms with Gasteiger partial charge in [0.05, 0.1) is 19.7 Å². The molecule has 2 radical (unpaired) electrons. The minimum Gasteiger partial charge on any atom is -0.495 e. The van der Waals surface area contributed by atoms with E-state index in [-0.39, 0.29) is 53.0 Å². The third-order valence-corrected chi connectivity index (χ3v) is 10.8. The maximum Gasteiger partial charge on any atom is 0.248 e. The number of hydrogen-bond donors (Lipinski definition) is 2. The molecule has 11 nitrogen and oxygen atoms in total. The second kappa shape index (κ2) is 11.8. The molecule has 3 amide bonds. The van der Waals surface area contributed by atoms with E-state index < -0.39 is 40.2 Å². The fourth-order valence-electron chi connectivity index (χ4n) is 6.26. The van der Waals surface area contributed by atoms with E-state index in [1.54, 1.807) is 29.2 Å². The molecule has 3 saturated heterocycles. The molecule has 3 aliphatic heterocycles. The highest BCUT2D eigenvalue weighted by atomic mass is 35.5. The van der Waals surface area contributed by atoms with Crippen molar-refractivity contribution in [1.29, 1.82) is 0 Å². The lowest BCUT2D eigenvalue weighted by Gasteiger charge is -2.53. The lowest BCUT2D eigenvalue weighted by atomic mass is 9.92. The molecule has 2 aromatic carbocycles. The van der Waals surface area contributed by atoms with Crippen LogP contribution in [0, 0.1) is 0 Å². The van der Waals surface area contributed by atoms with Crippen LogP contribution in [0.2, 0.25) is 5.02 Å². The number of halogens is 1. The van der Waals surface area contributed by atoms with Crippen LogP contribution >= 0.6 is 11.6 Å². The summed E-state index contributed by atoms with van der Waals surface area (Å²) in [7, 11) is 2.89. The number of piperazine rings is 1. The lowest BCUT2D eigenvalue weighted by molar-refractivity contribution is -0.168. The SMILES string of the molecule is [B]c1ccc(CC2C(=O)N(C3CC3)CC3N2C(=O)C(NC(=O)C2CCCN2)CN3S(=O)(=O)c2cc(Cl)ccc2OC)cc1. The monoisotopic (exact) mass is 625 g/mol. The van der Waals surface area contributed by atoms with Crippen molar-refractivity contribution in [2.75, 3.05) is 26.7 Å². The summed E-state index contributed by atoms with van der Waals surface area (Å²) < 4.78 is 35.5. The molecule has 0 bridgehead atoms.